The van der Waals surface area contributed by atoms with Gasteiger partial charge in [0.25, 0.3) is 0 Å². The van der Waals surface area contributed by atoms with Gasteiger partial charge in [0.2, 0.25) is 0 Å². The van der Waals surface area contributed by atoms with Gasteiger partial charge in [-0.15, -0.1) is 0 Å². The minimum atomic E-state index is 0.143. The van der Waals surface area contributed by atoms with E-state index in [4.69, 9.17) is 9.47 Å². The van der Waals surface area contributed by atoms with E-state index in [1.165, 1.54) is 33.4 Å². The summed E-state index contributed by atoms with van der Waals surface area (Å²) in [6.45, 7) is 23.7. The minimum absolute atomic E-state index is 0.143. The van der Waals surface area contributed by atoms with E-state index in [0.717, 1.165) is 37.2 Å². The van der Waals surface area contributed by atoms with Gasteiger partial charge in [0.15, 0.2) is 0 Å². The third-order valence-corrected chi connectivity index (χ3v) is 6.85. The SMILES string of the molecule is CCc1cc(C(C)(C)C)c(CC)cc1OCCOc1cc(CC)c(C(C)(C)CC)cc1C. The lowest BCUT2D eigenvalue weighted by molar-refractivity contribution is 0.215. The van der Waals surface area contributed by atoms with Gasteiger partial charge < -0.3 is 9.47 Å². The van der Waals surface area contributed by atoms with Gasteiger partial charge in [0.05, 0.1) is 0 Å². The maximum Gasteiger partial charge on any atom is 0.122 e. The van der Waals surface area contributed by atoms with Crippen LogP contribution in [0.1, 0.15) is 102 Å². The van der Waals surface area contributed by atoms with E-state index in [9.17, 15) is 0 Å². The lowest BCUT2D eigenvalue weighted by Crippen LogP contribution is -2.19. The second kappa shape index (κ2) is 10.8. The van der Waals surface area contributed by atoms with Crippen molar-refractivity contribution in [2.45, 2.75) is 106 Å². The molecule has 32 heavy (non-hydrogen) atoms. The molecule has 0 unspecified atom stereocenters. The minimum Gasteiger partial charge on any atom is -0.490 e. The van der Waals surface area contributed by atoms with Crippen LogP contribution < -0.4 is 9.47 Å². The molecule has 2 aromatic rings. The predicted octanol–water partition coefficient (Wildman–Crippen LogP) is 8.13. The van der Waals surface area contributed by atoms with E-state index in [0.29, 0.717) is 13.2 Å². The van der Waals surface area contributed by atoms with E-state index in [1.807, 2.05) is 0 Å². The van der Waals surface area contributed by atoms with Crippen molar-refractivity contribution in [3.8, 4) is 11.5 Å². The van der Waals surface area contributed by atoms with Crippen molar-refractivity contribution in [3.63, 3.8) is 0 Å². The van der Waals surface area contributed by atoms with Crippen LogP contribution in [0.5, 0.6) is 11.5 Å². The molecule has 0 fully saturated rings. The topological polar surface area (TPSA) is 18.5 Å². The molecule has 0 radical (unpaired) electrons. The lowest BCUT2D eigenvalue weighted by atomic mass is 9.78. The maximum atomic E-state index is 6.23. The van der Waals surface area contributed by atoms with Crippen molar-refractivity contribution in [2.75, 3.05) is 13.2 Å². The van der Waals surface area contributed by atoms with E-state index in [1.54, 1.807) is 0 Å². The lowest BCUT2D eigenvalue weighted by Gasteiger charge is -2.27. The molecule has 0 aliphatic carbocycles. The van der Waals surface area contributed by atoms with Crippen molar-refractivity contribution >= 4 is 0 Å². The maximum absolute atomic E-state index is 6.23. The molecule has 2 aromatic carbocycles. The summed E-state index contributed by atoms with van der Waals surface area (Å²) in [6, 6.07) is 9.17. The first-order chi connectivity index (χ1) is 15.0. The molecule has 0 amide bonds. The molecular weight excluding hydrogens is 392 g/mol. The summed E-state index contributed by atoms with van der Waals surface area (Å²) < 4.78 is 12.4. The summed E-state index contributed by atoms with van der Waals surface area (Å²) in [7, 11) is 0. The monoisotopic (exact) mass is 438 g/mol. The Balaban J connectivity index is 2.14. The fraction of sp³-hybridized carbons (Fsp3) is 0.600. The van der Waals surface area contributed by atoms with Crippen molar-refractivity contribution < 1.29 is 9.47 Å². The molecule has 0 N–H and O–H groups in total. The zero-order chi connectivity index (χ0) is 24.1. The van der Waals surface area contributed by atoms with Crippen LogP contribution in [0.4, 0.5) is 0 Å². The van der Waals surface area contributed by atoms with Crippen LogP contribution in [0.3, 0.4) is 0 Å². The Morgan fingerprint density at radius 2 is 1.12 bits per heavy atom. The largest absolute Gasteiger partial charge is 0.490 e. The average Bonchev–Trinajstić information content (AvgIpc) is 2.75. The number of ether oxygens (including phenoxy) is 2. The molecule has 2 heteroatoms. The third-order valence-electron chi connectivity index (χ3n) is 6.85. The molecule has 0 spiro atoms. The highest BCUT2D eigenvalue weighted by molar-refractivity contribution is 5.46. The Hall–Kier alpha value is -1.96. The highest BCUT2D eigenvalue weighted by Crippen LogP contribution is 2.35. The summed E-state index contributed by atoms with van der Waals surface area (Å²) >= 11 is 0. The van der Waals surface area contributed by atoms with Gasteiger partial charge in [0.1, 0.15) is 24.7 Å². The number of rotatable bonds is 10. The number of hydrogen-bond donors (Lipinski definition) is 0. The van der Waals surface area contributed by atoms with Gasteiger partial charge >= 0.3 is 0 Å². The molecule has 0 heterocycles. The molecule has 0 aliphatic heterocycles. The van der Waals surface area contributed by atoms with Crippen molar-refractivity contribution in [1.29, 1.82) is 0 Å². The van der Waals surface area contributed by atoms with Crippen molar-refractivity contribution in [3.05, 3.63) is 57.6 Å². The fourth-order valence-electron chi connectivity index (χ4n) is 4.37. The number of aryl methyl sites for hydroxylation is 4. The molecule has 0 atom stereocenters. The van der Waals surface area contributed by atoms with Crippen LogP contribution in [0, 0.1) is 6.92 Å². The second-order valence-corrected chi connectivity index (χ2v) is 10.6. The van der Waals surface area contributed by atoms with E-state index >= 15 is 0 Å². The molecule has 178 valence electrons. The van der Waals surface area contributed by atoms with Gasteiger partial charge in [-0.2, -0.15) is 0 Å². The molecule has 0 saturated carbocycles. The quantitative estimate of drug-likeness (QED) is 0.349. The summed E-state index contributed by atoms with van der Waals surface area (Å²) in [5, 5.41) is 0. The highest BCUT2D eigenvalue weighted by Gasteiger charge is 2.23. The molecule has 0 aliphatic rings. The van der Waals surface area contributed by atoms with E-state index in [-0.39, 0.29) is 10.8 Å². The first-order valence-corrected chi connectivity index (χ1v) is 12.5. The third kappa shape index (κ3) is 6.09. The van der Waals surface area contributed by atoms with Crippen molar-refractivity contribution in [2.24, 2.45) is 0 Å². The Bertz CT molecular complexity index is 900. The van der Waals surface area contributed by atoms with Gasteiger partial charge in [-0.1, -0.05) is 74.4 Å². The number of benzene rings is 2. The van der Waals surface area contributed by atoms with Crippen LogP contribution >= 0.6 is 0 Å². The van der Waals surface area contributed by atoms with Crippen molar-refractivity contribution in [1.82, 2.24) is 0 Å². The average molecular weight is 439 g/mol. The van der Waals surface area contributed by atoms with Crippen LogP contribution in [0.25, 0.3) is 0 Å². The molecule has 0 aromatic heterocycles. The fourth-order valence-corrected chi connectivity index (χ4v) is 4.37. The molecular formula is C30H46O2. The van der Waals surface area contributed by atoms with Crippen LogP contribution in [0.2, 0.25) is 0 Å². The normalized spacial score (nSPS) is 12.2. The van der Waals surface area contributed by atoms with E-state index < -0.39 is 0 Å². The van der Waals surface area contributed by atoms with E-state index in [2.05, 4.69) is 93.5 Å². The van der Waals surface area contributed by atoms with Crippen LogP contribution in [0.15, 0.2) is 24.3 Å². The smallest absolute Gasteiger partial charge is 0.122 e. The first kappa shape index (κ1) is 26.3. The van der Waals surface area contributed by atoms with Crippen LogP contribution in [-0.2, 0) is 30.1 Å². The zero-order valence-electron chi connectivity index (χ0n) is 22.4. The standard InChI is InChI=1S/C30H46O2/c1-11-22-20-28(24(13-3)18-25(22)29(6,7)8)32-16-15-31-27-19-23(12-2)26(17-21(27)5)30(9,10)14-4/h17-20H,11-16H2,1-10H3. The summed E-state index contributed by atoms with van der Waals surface area (Å²) in [6.07, 6.45) is 4.13. The summed E-state index contributed by atoms with van der Waals surface area (Å²) in [5.41, 5.74) is 8.45. The second-order valence-electron chi connectivity index (χ2n) is 10.6. The van der Waals surface area contributed by atoms with Gasteiger partial charge in [-0.05, 0) is 89.0 Å². The Morgan fingerprint density at radius 3 is 1.62 bits per heavy atom. The first-order valence-electron chi connectivity index (χ1n) is 12.5. The molecule has 2 rings (SSSR count). The molecule has 0 saturated heterocycles. The number of hydrogen-bond acceptors (Lipinski definition) is 2. The van der Waals surface area contributed by atoms with Gasteiger partial charge in [-0.3, -0.25) is 0 Å². The Morgan fingerprint density at radius 1 is 0.625 bits per heavy atom. The highest BCUT2D eigenvalue weighted by atomic mass is 16.5. The Labute approximate surface area is 197 Å². The van der Waals surface area contributed by atoms with Gasteiger partial charge in [0, 0.05) is 0 Å². The molecule has 0 bridgehead atoms. The summed E-state index contributed by atoms with van der Waals surface area (Å²) in [5.74, 6) is 1.99. The zero-order valence-corrected chi connectivity index (χ0v) is 22.4. The van der Waals surface area contributed by atoms with Crippen LogP contribution in [-0.4, -0.2) is 13.2 Å². The molecule has 2 nitrogen and oxygen atoms in total. The Kier molecular flexibility index (Phi) is 8.85. The predicted molar refractivity (Wildman–Crippen MR) is 139 cm³/mol. The van der Waals surface area contributed by atoms with Gasteiger partial charge in [-0.25, -0.2) is 0 Å². The summed E-state index contributed by atoms with van der Waals surface area (Å²) in [4.78, 5) is 0.